The summed E-state index contributed by atoms with van der Waals surface area (Å²) < 4.78 is 66.6. The van der Waals surface area contributed by atoms with E-state index in [9.17, 15) is 27.4 Å². The Hall–Kier alpha value is 3.46. The van der Waals surface area contributed by atoms with Crippen molar-refractivity contribution >= 4 is 65.8 Å². The Balaban J connectivity index is -0.0000000417. The van der Waals surface area contributed by atoms with Gasteiger partial charge < -0.3 is 58.7 Å². The predicted octanol–water partition coefficient (Wildman–Crippen LogP) is -3.09. The first-order chi connectivity index (χ1) is 11.1. The van der Waals surface area contributed by atoms with E-state index in [0.29, 0.717) is 0 Å². The molecular formula is H13Fe4LiO21P6. The predicted molar refractivity (Wildman–Crippen MR) is 82.7 cm³/mol. The Morgan fingerprint density at radius 2 is 0.375 bits per heavy atom. The summed E-state index contributed by atoms with van der Waals surface area (Å²) in [5, 5.41) is 0. The molecule has 0 bridgehead atoms. The first kappa shape index (κ1) is 55.8. The third-order valence-corrected chi connectivity index (χ3v) is 5.74. The summed E-state index contributed by atoms with van der Waals surface area (Å²) in [5.74, 6) is 0. The number of rotatable bonds is 6. The van der Waals surface area contributed by atoms with Crippen molar-refractivity contribution in [3.05, 3.63) is 0 Å². The van der Waals surface area contributed by atoms with E-state index >= 15 is 0 Å². The van der Waals surface area contributed by atoms with Crippen LogP contribution in [0.4, 0.5) is 0 Å². The molecule has 0 fully saturated rings. The van der Waals surface area contributed by atoms with E-state index in [1.165, 1.54) is 0 Å². The van der Waals surface area contributed by atoms with Crippen molar-refractivity contribution in [3.63, 3.8) is 0 Å². The van der Waals surface area contributed by atoms with Gasteiger partial charge in [0.1, 0.15) is 0 Å². The van der Waals surface area contributed by atoms with Crippen LogP contribution in [0.25, 0.3) is 0 Å². The second-order valence-corrected chi connectivity index (χ2v) is 11.0. The third kappa shape index (κ3) is 76.6. The molecule has 0 aliphatic heterocycles. The Labute approximate surface area is 231 Å². The quantitative estimate of drug-likeness (QED) is 0.0941. The van der Waals surface area contributed by atoms with Gasteiger partial charge >= 0.3 is 65.8 Å². The third-order valence-electron chi connectivity index (χ3n) is 0.638. The van der Waals surface area contributed by atoms with Gasteiger partial charge in [0.15, 0.2) is 0 Å². The second kappa shape index (κ2) is 21.4. The van der Waals surface area contributed by atoms with Gasteiger partial charge in [0.25, 0.3) is 0 Å². The first-order valence-electron chi connectivity index (χ1n) is 4.59. The van der Waals surface area contributed by atoms with Crippen molar-refractivity contribution in [2.45, 2.75) is 0 Å². The molecule has 12 N–H and O–H groups in total. The van der Waals surface area contributed by atoms with Crippen molar-refractivity contribution in [2.24, 2.45) is 0 Å². The Morgan fingerprint density at radius 3 is 0.375 bits per heavy atom. The van der Waals surface area contributed by atoms with E-state index in [1.54, 1.807) is 0 Å². The zero-order valence-electron chi connectivity index (χ0n) is 13.1. The van der Waals surface area contributed by atoms with Crippen LogP contribution in [-0.2, 0) is 109 Å². The fraction of sp³-hybridized carbons (Fsp3) is 0. The fourth-order valence-electron chi connectivity index (χ4n) is 0.416. The van der Waals surface area contributed by atoms with Crippen LogP contribution in [0.15, 0.2) is 0 Å². The van der Waals surface area contributed by atoms with Crippen LogP contribution in [0.5, 0.6) is 0 Å². The van der Waals surface area contributed by atoms with E-state index < -0.39 is 46.9 Å². The molecule has 0 aromatic rings. The zero-order chi connectivity index (χ0) is 23.1. The van der Waals surface area contributed by atoms with Gasteiger partial charge in [0.2, 0.25) is 0 Å². The number of hydrogen-bond donors (Lipinski definition) is 12. The summed E-state index contributed by atoms with van der Waals surface area (Å²) >= 11 is 0. The topological polar surface area (TPSA) is 373 Å². The van der Waals surface area contributed by atoms with Crippen LogP contribution >= 0.6 is 46.9 Å². The molecule has 32 heavy (non-hydrogen) atoms. The first-order valence-corrected chi connectivity index (χ1v) is 13.8. The molecule has 0 spiro atoms. The van der Waals surface area contributed by atoms with Crippen molar-refractivity contribution in [1.29, 1.82) is 0 Å². The van der Waals surface area contributed by atoms with E-state index in [-0.39, 0.29) is 87.1 Å². The van der Waals surface area contributed by atoms with Gasteiger partial charge in [-0.05, 0) is 0 Å². The maximum atomic E-state index is 9.63. The van der Waals surface area contributed by atoms with Crippen molar-refractivity contribution in [3.8, 4) is 0 Å². The summed E-state index contributed by atoms with van der Waals surface area (Å²) in [4.78, 5) is 93.0. The molecule has 0 saturated carbocycles. The van der Waals surface area contributed by atoms with Crippen LogP contribution < -0.4 is 0 Å². The molecule has 0 aromatic heterocycles. The molecule has 32 heteroatoms. The average Bonchev–Trinajstić information content (AvgIpc) is 1.96. The van der Waals surface area contributed by atoms with E-state index in [2.05, 4.69) is 12.9 Å². The number of hydrogen-bond acceptors (Lipinski definition) is 9. The van der Waals surface area contributed by atoms with Crippen LogP contribution in [0.3, 0.4) is 0 Å². The van der Waals surface area contributed by atoms with Crippen molar-refractivity contribution in [1.82, 2.24) is 0 Å². The molecule has 202 valence electrons. The van der Waals surface area contributed by atoms with Gasteiger partial charge in [-0.1, -0.05) is 0 Å². The molecule has 0 saturated heterocycles. The second-order valence-electron chi connectivity index (χ2n) is 3.19. The minimum atomic E-state index is -5.05. The summed E-state index contributed by atoms with van der Waals surface area (Å²) in [6.07, 6.45) is 0. The van der Waals surface area contributed by atoms with E-state index in [0.717, 1.165) is 0 Å². The van der Waals surface area contributed by atoms with Crippen molar-refractivity contribution < 1.29 is 167 Å². The van der Waals surface area contributed by atoms with E-state index in [1.807, 2.05) is 0 Å². The van der Waals surface area contributed by atoms with E-state index in [4.69, 9.17) is 58.7 Å². The molecule has 0 radical (unpaired) electrons. The van der Waals surface area contributed by atoms with Gasteiger partial charge in [-0.25, -0.2) is 27.4 Å². The Kier molecular flexibility index (Phi) is 37.3. The fourth-order valence-corrected chi connectivity index (χ4v) is 3.74. The number of phosphoric acid groups is 6. The van der Waals surface area contributed by atoms with Gasteiger partial charge in [0, 0.05) is 68.3 Å². The molecule has 21 nitrogen and oxygen atoms in total. The van der Waals surface area contributed by atoms with Gasteiger partial charge in [-0.3, -0.25) is 0 Å². The normalized spacial score (nSPS) is 11.6. The molecule has 0 aromatic carbocycles. The van der Waals surface area contributed by atoms with Crippen molar-refractivity contribution in [2.75, 3.05) is 0 Å². The summed E-state index contributed by atoms with van der Waals surface area (Å²) in [6, 6.07) is 0. The average molecular weight is 765 g/mol. The van der Waals surface area contributed by atoms with Gasteiger partial charge in [-0.2, -0.15) is 12.9 Å². The molecule has 0 amide bonds. The maximum absolute atomic E-state index is 9.63. The Morgan fingerprint density at radius 1 is 0.312 bits per heavy atom. The molecule has 0 rings (SSSR count). The van der Waals surface area contributed by atoms with Gasteiger partial charge in [-0.15, -0.1) is 0 Å². The van der Waals surface area contributed by atoms with Crippen LogP contribution in [-0.4, -0.2) is 77.6 Å². The summed E-state index contributed by atoms with van der Waals surface area (Å²) in [6.45, 7) is 0. The minimum absolute atomic E-state index is 0. The monoisotopic (exact) mass is 766 g/mol. The molecule has 0 aliphatic rings. The molecule has 0 aliphatic carbocycles. The SMILES string of the molecule is O=P(O)(O)OP(=O)(O)O.O=P(O)(O)OP(=O)(O)O.O=P(O)(O)OP(=O)(O)O.[Fe].[Fe].[Fe].[Fe].[LiH]. The van der Waals surface area contributed by atoms with Crippen LogP contribution in [0, 0.1) is 0 Å². The molecule has 0 unspecified atom stereocenters. The van der Waals surface area contributed by atoms with Crippen LogP contribution in [0.1, 0.15) is 0 Å². The molecule has 0 atom stereocenters. The van der Waals surface area contributed by atoms with Crippen LogP contribution in [0.2, 0.25) is 0 Å². The summed E-state index contributed by atoms with van der Waals surface area (Å²) in [7, 11) is -30.3. The Bertz CT molecular complexity index is 566. The molecular weight excluding hydrogens is 752 g/mol. The van der Waals surface area contributed by atoms with Gasteiger partial charge in [0.05, 0.1) is 0 Å². The standard InChI is InChI=1S/4Fe.Li.3H4O7P2.H/c;;;;;3*1-8(2,3)7-9(4,5)6;/h;;;;;3*(H2,1,2,3)(H2,4,5,6);. The molecule has 0 heterocycles. The zero-order valence-corrected chi connectivity index (χ0v) is 22.9. The summed E-state index contributed by atoms with van der Waals surface area (Å²) in [5.41, 5.74) is 0.